The van der Waals surface area contributed by atoms with E-state index in [9.17, 15) is 0 Å². The molecule has 0 amide bonds. The molecule has 138 valence electrons. The molecule has 0 heterocycles. The van der Waals surface area contributed by atoms with E-state index in [2.05, 4.69) is 35.8 Å². The molecule has 0 atom stereocenters. The van der Waals surface area contributed by atoms with Crippen molar-refractivity contribution in [1.82, 2.24) is 0 Å². The second-order valence-corrected chi connectivity index (χ2v) is 6.17. The summed E-state index contributed by atoms with van der Waals surface area (Å²) in [4.78, 5) is 0. The first-order valence-electron chi connectivity index (χ1n) is 7.33. The molecule has 0 nitrogen and oxygen atoms in total. The summed E-state index contributed by atoms with van der Waals surface area (Å²) in [6.07, 6.45) is 0. The van der Waals surface area contributed by atoms with Gasteiger partial charge in [-0.25, -0.2) is 36.4 Å². The predicted molar refractivity (Wildman–Crippen MR) is 101 cm³/mol. The molecule has 0 fully saturated rings. The average Bonchev–Trinajstić information content (AvgIpc) is 3.47. The van der Waals surface area contributed by atoms with E-state index in [1.807, 2.05) is 91.0 Å². The summed E-state index contributed by atoms with van der Waals surface area (Å²) < 4.78 is 0. The minimum absolute atomic E-state index is 0. The van der Waals surface area contributed by atoms with Crippen molar-refractivity contribution in [3.8, 4) is 0 Å². The maximum absolute atomic E-state index is 2.62. The summed E-state index contributed by atoms with van der Waals surface area (Å²) in [7, 11) is 0. The van der Waals surface area contributed by atoms with E-state index >= 15 is 0 Å². The van der Waals surface area contributed by atoms with Crippen molar-refractivity contribution in [3.63, 3.8) is 0 Å². The molecule has 0 saturated carbocycles. The fourth-order valence-corrected chi connectivity index (χ4v) is 1.14. The maximum atomic E-state index is 2.62. The molecule has 0 unspecified atom stereocenters. The molecule has 0 aliphatic carbocycles. The van der Waals surface area contributed by atoms with Gasteiger partial charge in [-0.15, -0.1) is 0 Å². The summed E-state index contributed by atoms with van der Waals surface area (Å²) in [6.45, 7) is 0. The zero-order chi connectivity index (χ0) is 16.8. The molecular formula is C22H22Fe2Ge-8. The second-order valence-electron chi connectivity index (χ2n) is 4.07. The molecule has 4 aromatic carbocycles. The van der Waals surface area contributed by atoms with Crippen LogP contribution in [0.2, 0.25) is 11.5 Å². The zero-order valence-electron chi connectivity index (χ0n) is 14.4. The van der Waals surface area contributed by atoms with Crippen LogP contribution in [0.4, 0.5) is 0 Å². The third kappa shape index (κ3) is 28.1. The van der Waals surface area contributed by atoms with Crippen molar-refractivity contribution in [2.45, 2.75) is 11.5 Å². The van der Waals surface area contributed by atoms with Crippen LogP contribution in [0.5, 0.6) is 0 Å². The molecule has 25 heavy (non-hydrogen) atoms. The van der Waals surface area contributed by atoms with Crippen LogP contribution in [0.15, 0.2) is 97.1 Å². The van der Waals surface area contributed by atoms with Crippen molar-refractivity contribution >= 4 is 15.4 Å². The van der Waals surface area contributed by atoms with Crippen LogP contribution < -0.4 is 0 Å². The SMILES string of the molecule is [CH3][Ge][CH3].[Fe].[Fe].[c-]1[c-][c-][cH-][c-]1.c1cc[cH-]c1.c1cc[cH-]c1.c1cc[cH-]c1. The Balaban J connectivity index is -0.000000240. The Kier molecular flexibility index (Phi) is 32.0. The van der Waals surface area contributed by atoms with E-state index in [-0.39, 0.29) is 34.1 Å². The molecule has 0 N–H and O–H groups in total. The monoisotopic (exact) mass is 472 g/mol. The van der Waals surface area contributed by atoms with Crippen molar-refractivity contribution < 1.29 is 34.1 Å². The molecule has 0 aromatic heterocycles. The Morgan fingerprint density at radius 3 is 0.880 bits per heavy atom. The van der Waals surface area contributed by atoms with Crippen LogP contribution in [-0.2, 0) is 34.1 Å². The standard InChI is InChI=1S/3C5H5.C5H.C2H6Ge.2Fe/c4*1-2-4-5-3-1;1-3-2;;/h3*1-5H;1H;1-2H3;;/q3*-1;-5;;;. The first kappa shape index (κ1) is 28.8. The van der Waals surface area contributed by atoms with Crippen molar-refractivity contribution in [3.05, 3.63) is 121 Å². The van der Waals surface area contributed by atoms with Crippen LogP contribution in [0.25, 0.3) is 0 Å². The predicted octanol–water partition coefficient (Wildman–Crippen LogP) is 5.60. The Morgan fingerprint density at radius 2 is 0.800 bits per heavy atom. The Hall–Kier alpha value is -1.02. The zero-order valence-corrected chi connectivity index (χ0v) is 18.8. The van der Waals surface area contributed by atoms with Crippen LogP contribution >= 0.6 is 0 Å². The van der Waals surface area contributed by atoms with Crippen LogP contribution in [0.1, 0.15) is 0 Å². The smallest absolute Gasteiger partial charge is 0 e. The number of hydrogen-bond acceptors (Lipinski definition) is 0. The van der Waals surface area contributed by atoms with Gasteiger partial charge in [0, 0.05) is 34.1 Å². The summed E-state index contributed by atoms with van der Waals surface area (Å²) >= 11 is 0.500. The average molecular weight is 471 g/mol. The number of hydrogen-bond donors (Lipinski definition) is 0. The fraction of sp³-hybridized carbons (Fsp3) is 0.0909. The van der Waals surface area contributed by atoms with Gasteiger partial charge < -0.3 is 30.3 Å². The number of rotatable bonds is 0. The molecule has 0 spiro atoms. The molecule has 2 radical (unpaired) electrons. The van der Waals surface area contributed by atoms with Gasteiger partial charge in [-0.2, -0.15) is 54.6 Å². The van der Waals surface area contributed by atoms with Gasteiger partial charge in [-0.05, 0) is 0 Å². The summed E-state index contributed by atoms with van der Waals surface area (Å²) in [6, 6.07) is 42.0. The van der Waals surface area contributed by atoms with Crippen molar-refractivity contribution in [2.24, 2.45) is 0 Å². The van der Waals surface area contributed by atoms with E-state index in [0.717, 1.165) is 0 Å². The fourth-order valence-electron chi connectivity index (χ4n) is 1.14. The van der Waals surface area contributed by atoms with E-state index in [1.54, 1.807) is 6.07 Å². The van der Waals surface area contributed by atoms with E-state index in [1.165, 1.54) is 0 Å². The van der Waals surface area contributed by atoms with Crippen LogP contribution in [0, 0.1) is 24.3 Å². The van der Waals surface area contributed by atoms with E-state index in [0.29, 0.717) is 15.4 Å². The summed E-state index contributed by atoms with van der Waals surface area (Å²) in [5.74, 6) is 4.50. The van der Waals surface area contributed by atoms with Gasteiger partial charge in [0.15, 0.2) is 0 Å². The molecule has 4 rings (SSSR count). The first-order valence-corrected chi connectivity index (χ1v) is 11.5. The molecule has 0 aliphatic heterocycles. The normalized spacial score (nSPS) is 7.12. The summed E-state index contributed by atoms with van der Waals surface area (Å²) in [5.41, 5.74) is 0. The molecule has 0 saturated heterocycles. The molecule has 0 aliphatic rings. The van der Waals surface area contributed by atoms with Crippen molar-refractivity contribution in [1.29, 1.82) is 0 Å². The Labute approximate surface area is 181 Å². The Morgan fingerprint density at radius 1 is 0.560 bits per heavy atom. The van der Waals surface area contributed by atoms with Crippen LogP contribution in [0.3, 0.4) is 0 Å². The second kappa shape index (κ2) is 27.8. The van der Waals surface area contributed by atoms with Gasteiger partial charge in [-0.1, -0.05) is 0 Å². The third-order valence-corrected chi connectivity index (χ3v) is 2.02. The quantitative estimate of drug-likeness (QED) is 0.232. The molecule has 3 heteroatoms. The molecule has 0 bridgehead atoms. The van der Waals surface area contributed by atoms with E-state index < -0.39 is 0 Å². The van der Waals surface area contributed by atoms with Crippen LogP contribution in [-0.4, -0.2) is 15.4 Å². The maximum Gasteiger partial charge on any atom is 0 e. The van der Waals surface area contributed by atoms with Crippen molar-refractivity contribution in [2.75, 3.05) is 0 Å². The molecular weight excluding hydrogens is 449 g/mol. The largest absolute Gasteiger partial charge is 0.999 e. The third-order valence-electron chi connectivity index (χ3n) is 2.02. The molecule has 4 aromatic rings. The van der Waals surface area contributed by atoms with Gasteiger partial charge in [0.2, 0.25) is 0 Å². The van der Waals surface area contributed by atoms with E-state index in [4.69, 9.17) is 0 Å². The van der Waals surface area contributed by atoms with Gasteiger partial charge in [0.1, 0.15) is 0 Å². The van der Waals surface area contributed by atoms with Gasteiger partial charge in [-0.3, -0.25) is 0 Å². The summed E-state index contributed by atoms with van der Waals surface area (Å²) in [5, 5.41) is 0. The minimum atomic E-state index is 0. The van der Waals surface area contributed by atoms with Gasteiger partial charge >= 0.3 is 26.9 Å². The Bertz CT molecular complexity index is 361. The minimum Gasteiger partial charge on any atom is -0.999 e. The van der Waals surface area contributed by atoms with Gasteiger partial charge in [0.05, 0.1) is 0 Å². The topological polar surface area (TPSA) is 0 Å². The first-order chi connectivity index (χ1) is 11.4. The van der Waals surface area contributed by atoms with Gasteiger partial charge in [0.25, 0.3) is 0 Å².